The van der Waals surface area contributed by atoms with E-state index in [0.717, 1.165) is 0 Å². The summed E-state index contributed by atoms with van der Waals surface area (Å²) >= 11 is 9.62. The molecule has 0 saturated carbocycles. The van der Waals surface area contributed by atoms with Gasteiger partial charge in [-0.05, 0) is 44.5 Å². The van der Waals surface area contributed by atoms with Crippen LogP contribution in [0.2, 0.25) is 5.02 Å². The van der Waals surface area contributed by atoms with Crippen molar-refractivity contribution in [3.8, 4) is 5.75 Å². The number of ether oxygens (including phenoxy) is 2. The Balaban J connectivity index is 0.000000993. The second-order valence-corrected chi connectivity index (χ2v) is 10.4. The number of nitrogens with one attached hydrogen (secondary N) is 1. The first kappa shape index (κ1) is 41.3. The number of amides is 1. The Morgan fingerprint density at radius 1 is 1.36 bits per heavy atom. The number of hydrogen-bond donors (Lipinski definition) is 2. The maximum absolute atomic E-state index is 11.5. The summed E-state index contributed by atoms with van der Waals surface area (Å²) in [4.78, 5) is 28.8. The zero-order valence-corrected chi connectivity index (χ0v) is 27.6. The summed E-state index contributed by atoms with van der Waals surface area (Å²) in [7, 11) is 0. The number of aliphatic imine (C=N–C) groups is 1. The van der Waals surface area contributed by atoms with E-state index in [1.807, 2.05) is 0 Å². The number of fused-ring (bicyclic) bond motifs is 1. The number of halogens is 2. The molecule has 0 aliphatic carbocycles. The molecule has 0 fully saturated rings. The van der Waals surface area contributed by atoms with E-state index in [-0.39, 0.29) is 56.6 Å². The monoisotopic (exact) mass is 667 g/mol. The average Bonchev–Trinajstić information content (AvgIpc) is 2.93. The number of carbonyl (C=O) groups excluding carboxylic acids is 1. The molecule has 3 aromatic rings. The molecule has 0 bridgehead atoms. The van der Waals surface area contributed by atoms with Crippen molar-refractivity contribution in [3.05, 3.63) is 90.0 Å². The molecule has 0 unspecified atom stereocenters. The molecule has 0 aliphatic rings. The predicted molar refractivity (Wildman–Crippen MR) is 168 cm³/mol. The van der Waals surface area contributed by atoms with Crippen molar-refractivity contribution in [2.24, 2.45) is 4.99 Å². The topological polar surface area (TPSA) is 144 Å². The third-order valence-corrected chi connectivity index (χ3v) is 5.54. The number of nitrogens with zero attached hydrogens (tertiary/aromatic N) is 6. The molecule has 3 rings (SSSR count). The second-order valence-electron chi connectivity index (χ2n) is 9.14. The van der Waals surface area contributed by atoms with Crippen LogP contribution in [0.1, 0.15) is 20.8 Å². The van der Waals surface area contributed by atoms with Gasteiger partial charge in [-0.3, -0.25) is 11.6 Å². The fraction of sp³-hybridized carbons (Fsp3) is 0.241. The number of carbonyl (C=O) groups is 1. The molecule has 44 heavy (non-hydrogen) atoms. The van der Waals surface area contributed by atoms with Gasteiger partial charge in [-0.15, -0.1) is 18.7 Å². The number of anilines is 2. The molecule has 0 radical (unpaired) electrons. The SMILES string of the molecule is [CH-]=C/C(=C\[C-]=NC=[N-])Oc1ccc(Nc2ncnc3cc(Br)[c-]nc23)cc1Cl.[CH2-]CN(C(=O)OC(C)(C)C)[C@@H]([CH2-])CO.[Li+].[Li+]. The van der Waals surface area contributed by atoms with Crippen LogP contribution in [0.5, 0.6) is 5.75 Å². The summed E-state index contributed by atoms with van der Waals surface area (Å²) in [5.74, 6) is 1.14. The average molecular weight is 669 g/mol. The van der Waals surface area contributed by atoms with Crippen molar-refractivity contribution < 1.29 is 57.1 Å². The van der Waals surface area contributed by atoms with Gasteiger partial charge >= 0.3 is 43.8 Å². The molecular formula is C29H29BrClLi2N7O4-4. The quantitative estimate of drug-likeness (QED) is 0.0770. The standard InChI is InChI=1S/C19H10BrClN6O.C10H19NO3.2Li/c1-2-14(5-6-23-10-22)28-17-4-3-13(8-15(17)21)27-19-18-16(25-11-26-19)7-12(20)9-24-18;1-6-11(8(2)7-12)9(13)14-10(3,4)5;;/h1-5,7-8,10-11H,(H,25,26,27);8,12H,1-2,6-7H2,3-5H3;;/q-4;-2;2*+1/b14-5+;;;/t;8-;;/m.0../s1. The van der Waals surface area contributed by atoms with Crippen LogP contribution in [0.3, 0.4) is 0 Å². The summed E-state index contributed by atoms with van der Waals surface area (Å²) in [5.41, 5.74) is 1.37. The number of benzene rings is 1. The Kier molecular flexibility index (Phi) is 19.1. The normalized spacial score (nSPS) is 11.7. The third kappa shape index (κ3) is 13.5. The molecule has 1 atom stereocenters. The van der Waals surface area contributed by atoms with Crippen LogP contribution in [0.15, 0.2) is 58.0 Å². The molecule has 1 amide bonds. The first-order valence-electron chi connectivity index (χ1n) is 12.2. The maximum Gasteiger partial charge on any atom is 1.00 e. The number of hydrogen-bond acceptors (Lipinski definition) is 8. The molecular weight excluding hydrogens is 640 g/mol. The summed E-state index contributed by atoms with van der Waals surface area (Å²) in [6, 6.07) is 6.37. The predicted octanol–water partition coefficient (Wildman–Crippen LogP) is 0.0425. The van der Waals surface area contributed by atoms with Gasteiger partial charge < -0.3 is 54.0 Å². The Bertz CT molecular complexity index is 1450. The number of pyridine rings is 1. The molecule has 0 aliphatic heterocycles. The van der Waals surface area contributed by atoms with E-state index in [2.05, 4.69) is 67.4 Å². The first-order valence-corrected chi connectivity index (χ1v) is 13.4. The van der Waals surface area contributed by atoms with Crippen LogP contribution in [-0.4, -0.2) is 68.4 Å². The van der Waals surface area contributed by atoms with Crippen LogP contribution in [-0.2, 0) is 4.74 Å². The number of aliphatic hydroxyl groups excluding tert-OH is 1. The minimum atomic E-state index is -0.542. The molecule has 0 saturated heterocycles. The van der Waals surface area contributed by atoms with Crippen molar-refractivity contribution in [2.75, 3.05) is 18.5 Å². The zero-order valence-electron chi connectivity index (χ0n) is 25.2. The van der Waals surface area contributed by atoms with Crippen molar-refractivity contribution in [1.29, 1.82) is 0 Å². The van der Waals surface area contributed by atoms with E-state index in [4.69, 9.17) is 38.2 Å². The number of rotatable bonds is 10. The first-order chi connectivity index (χ1) is 19.9. The Labute approximate surface area is 295 Å². The van der Waals surface area contributed by atoms with Gasteiger partial charge in [0, 0.05) is 23.6 Å². The van der Waals surface area contributed by atoms with Gasteiger partial charge in [0.2, 0.25) is 0 Å². The zero-order chi connectivity index (χ0) is 31.3. The van der Waals surface area contributed by atoms with Gasteiger partial charge in [0.25, 0.3) is 0 Å². The Hall–Kier alpha value is -2.68. The molecule has 2 aromatic heterocycles. The number of allylic oxidation sites excluding steroid dienone is 2. The molecule has 11 nitrogen and oxygen atoms in total. The van der Waals surface area contributed by atoms with Crippen molar-refractivity contribution >= 4 is 68.7 Å². The largest absolute Gasteiger partial charge is 1.00 e. The van der Waals surface area contributed by atoms with E-state index in [1.165, 1.54) is 23.4 Å². The molecule has 2 N–H and O–H groups in total. The number of aromatic nitrogens is 3. The smallest absolute Gasteiger partial charge is 0.577 e. The minimum Gasteiger partial charge on any atom is -0.577 e. The molecule has 2 heterocycles. The number of aliphatic hydroxyl groups is 1. The molecule has 0 spiro atoms. The van der Waals surface area contributed by atoms with Crippen LogP contribution in [0, 0.1) is 26.6 Å². The van der Waals surface area contributed by atoms with E-state index >= 15 is 0 Å². The van der Waals surface area contributed by atoms with Gasteiger partial charge in [-0.1, -0.05) is 44.2 Å². The third-order valence-electron chi connectivity index (χ3n) is 4.83. The van der Waals surface area contributed by atoms with Crippen LogP contribution < -0.4 is 47.8 Å². The molecule has 15 heteroatoms. The van der Waals surface area contributed by atoms with Gasteiger partial charge in [-0.25, -0.2) is 22.3 Å². The summed E-state index contributed by atoms with van der Waals surface area (Å²) in [5, 5.41) is 20.8. The fourth-order valence-electron chi connectivity index (χ4n) is 2.97. The van der Waals surface area contributed by atoms with Gasteiger partial charge in [0.1, 0.15) is 23.5 Å². The molecule has 224 valence electrons. The molecule has 1 aromatic carbocycles. The van der Waals surface area contributed by atoms with Crippen LogP contribution in [0.25, 0.3) is 16.4 Å². The fourth-order valence-corrected chi connectivity index (χ4v) is 3.50. The van der Waals surface area contributed by atoms with E-state index in [9.17, 15) is 4.79 Å². The van der Waals surface area contributed by atoms with E-state index < -0.39 is 17.7 Å². The van der Waals surface area contributed by atoms with Gasteiger partial charge in [-0.2, -0.15) is 6.08 Å². The van der Waals surface area contributed by atoms with Crippen LogP contribution >= 0.6 is 27.5 Å². The van der Waals surface area contributed by atoms with Crippen LogP contribution in [0.4, 0.5) is 16.3 Å². The summed E-state index contributed by atoms with van der Waals surface area (Å²) in [6.45, 7) is 18.1. The Morgan fingerprint density at radius 2 is 2.07 bits per heavy atom. The summed E-state index contributed by atoms with van der Waals surface area (Å²) < 4.78 is 11.4. The van der Waals surface area contributed by atoms with Gasteiger partial charge in [0.15, 0.2) is 0 Å². The minimum absolute atomic E-state index is 0. The summed E-state index contributed by atoms with van der Waals surface area (Å²) in [6.07, 6.45) is 9.35. The van der Waals surface area contributed by atoms with Gasteiger partial charge in [0.05, 0.1) is 5.02 Å². The van der Waals surface area contributed by atoms with E-state index in [0.29, 0.717) is 44.1 Å². The van der Waals surface area contributed by atoms with Crippen molar-refractivity contribution in [3.63, 3.8) is 0 Å². The Morgan fingerprint density at radius 3 is 2.64 bits per heavy atom. The second kappa shape index (κ2) is 20.4. The van der Waals surface area contributed by atoms with Crippen molar-refractivity contribution in [1.82, 2.24) is 19.9 Å². The van der Waals surface area contributed by atoms with E-state index in [1.54, 1.807) is 45.0 Å². The van der Waals surface area contributed by atoms with Crippen molar-refractivity contribution in [2.45, 2.75) is 32.4 Å². The maximum atomic E-state index is 11.5.